The zero-order valence-corrected chi connectivity index (χ0v) is 10.1. The van der Waals surface area contributed by atoms with Crippen molar-refractivity contribution in [2.24, 2.45) is 0 Å². The van der Waals surface area contributed by atoms with Gasteiger partial charge in [-0.3, -0.25) is 0 Å². The lowest BCUT2D eigenvalue weighted by Crippen LogP contribution is -2.30. The van der Waals surface area contributed by atoms with Gasteiger partial charge in [0.2, 0.25) is 0 Å². The summed E-state index contributed by atoms with van der Waals surface area (Å²) in [5.41, 5.74) is 0.631. The van der Waals surface area contributed by atoms with Crippen LogP contribution in [0.15, 0.2) is 41.8 Å². The summed E-state index contributed by atoms with van der Waals surface area (Å²) in [5.74, 6) is -0.0351. The molecule has 0 aliphatic carbocycles. The van der Waals surface area contributed by atoms with E-state index in [0.29, 0.717) is 11.3 Å². The first kappa shape index (κ1) is 13.0. The normalized spacial score (nSPS) is 10.4. The molecule has 0 aliphatic heterocycles. The molecule has 18 heavy (non-hydrogen) atoms. The molecule has 0 atom stereocenters. The third kappa shape index (κ3) is 3.28. The van der Waals surface area contributed by atoms with Crippen molar-refractivity contribution in [3.05, 3.63) is 48.2 Å². The molecule has 92 valence electrons. The Morgan fingerprint density at radius 1 is 1.28 bits per heavy atom. The molecular weight excluding hydrogens is 254 g/mol. The van der Waals surface area contributed by atoms with E-state index in [0.717, 1.165) is 11.1 Å². The minimum Gasteiger partial charge on any atom is -0.423 e. The van der Waals surface area contributed by atoms with Gasteiger partial charge in [-0.15, -0.1) is 11.8 Å². The van der Waals surface area contributed by atoms with Crippen LogP contribution in [0.5, 0.6) is 0 Å². The Bertz CT molecular complexity index is 528. The molecule has 1 aromatic heterocycles. The van der Waals surface area contributed by atoms with Gasteiger partial charge in [0, 0.05) is 11.9 Å². The molecule has 1 heterocycles. The fourth-order valence-corrected chi connectivity index (χ4v) is 2.17. The summed E-state index contributed by atoms with van der Waals surface area (Å²) < 4.78 is 13.6. The van der Waals surface area contributed by atoms with E-state index in [4.69, 9.17) is 10.0 Å². The average molecular weight is 264 g/mol. The van der Waals surface area contributed by atoms with Gasteiger partial charge < -0.3 is 10.0 Å². The summed E-state index contributed by atoms with van der Waals surface area (Å²) in [6.45, 7) is 0. The standard InChI is InChI=1S/C11H10BFN2O2S/c13-10-5-9(12(16)17)2-1-8(10)6-18-11-3-4-14-7-15-11/h1-5,7,16-17H,6H2. The van der Waals surface area contributed by atoms with E-state index in [-0.39, 0.29) is 5.46 Å². The molecule has 0 aliphatic rings. The number of aromatic nitrogens is 2. The summed E-state index contributed by atoms with van der Waals surface area (Å²) in [5, 5.41) is 18.6. The molecule has 0 radical (unpaired) electrons. The van der Waals surface area contributed by atoms with E-state index in [1.54, 1.807) is 12.3 Å². The number of thioether (sulfide) groups is 1. The zero-order chi connectivity index (χ0) is 13.0. The smallest absolute Gasteiger partial charge is 0.423 e. The second kappa shape index (κ2) is 5.95. The molecule has 0 saturated heterocycles. The minimum atomic E-state index is -1.65. The van der Waals surface area contributed by atoms with Gasteiger partial charge >= 0.3 is 7.12 Å². The summed E-state index contributed by atoms with van der Waals surface area (Å²) in [7, 11) is -1.65. The van der Waals surface area contributed by atoms with Crippen LogP contribution in [0, 0.1) is 5.82 Å². The van der Waals surface area contributed by atoms with Crippen LogP contribution in [-0.4, -0.2) is 27.1 Å². The van der Waals surface area contributed by atoms with Crippen molar-refractivity contribution in [3.63, 3.8) is 0 Å². The molecule has 2 rings (SSSR count). The summed E-state index contributed by atoms with van der Waals surface area (Å²) >= 11 is 1.39. The Morgan fingerprint density at radius 3 is 2.72 bits per heavy atom. The summed E-state index contributed by atoms with van der Waals surface area (Å²) in [6, 6.07) is 5.90. The minimum absolute atomic E-state index is 0.142. The highest BCUT2D eigenvalue weighted by molar-refractivity contribution is 7.98. The molecule has 0 fully saturated rings. The third-order valence-electron chi connectivity index (χ3n) is 2.31. The number of rotatable bonds is 4. The largest absolute Gasteiger partial charge is 0.488 e. The Hall–Kier alpha value is -1.44. The molecule has 7 heteroatoms. The highest BCUT2D eigenvalue weighted by Crippen LogP contribution is 2.21. The summed E-state index contributed by atoms with van der Waals surface area (Å²) in [6.07, 6.45) is 3.06. The monoisotopic (exact) mass is 264 g/mol. The fourth-order valence-electron chi connectivity index (χ4n) is 1.36. The van der Waals surface area contributed by atoms with Crippen LogP contribution < -0.4 is 5.46 Å². The molecular formula is C11H10BFN2O2S. The van der Waals surface area contributed by atoms with Gasteiger partial charge in [-0.25, -0.2) is 14.4 Å². The maximum absolute atomic E-state index is 13.6. The highest BCUT2D eigenvalue weighted by Gasteiger charge is 2.13. The van der Waals surface area contributed by atoms with Crippen LogP contribution in [-0.2, 0) is 5.75 Å². The van der Waals surface area contributed by atoms with Crippen molar-refractivity contribution < 1.29 is 14.4 Å². The van der Waals surface area contributed by atoms with Gasteiger partial charge in [0.05, 0.1) is 5.03 Å². The van der Waals surface area contributed by atoms with Crippen LogP contribution in [0.25, 0.3) is 0 Å². The molecule has 0 amide bonds. The van der Waals surface area contributed by atoms with Crippen LogP contribution in [0.4, 0.5) is 4.39 Å². The van der Waals surface area contributed by atoms with E-state index in [9.17, 15) is 4.39 Å². The molecule has 0 spiro atoms. The van der Waals surface area contributed by atoms with Crippen molar-refractivity contribution >= 4 is 24.3 Å². The van der Waals surface area contributed by atoms with Gasteiger partial charge in [0.15, 0.2) is 0 Å². The number of hydrogen-bond acceptors (Lipinski definition) is 5. The van der Waals surface area contributed by atoms with Gasteiger partial charge in [-0.1, -0.05) is 12.1 Å². The van der Waals surface area contributed by atoms with Gasteiger partial charge in [-0.2, -0.15) is 0 Å². The first-order valence-electron chi connectivity index (χ1n) is 5.20. The number of hydrogen-bond donors (Lipinski definition) is 2. The Balaban J connectivity index is 2.06. The van der Waals surface area contributed by atoms with Crippen LogP contribution in [0.1, 0.15) is 5.56 Å². The first-order valence-corrected chi connectivity index (χ1v) is 6.18. The van der Waals surface area contributed by atoms with Crippen LogP contribution in [0.2, 0.25) is 0 Å². The first-order chi connectivity index (χ1) is 8.66. The number of benzene rings is 1. The topological polar surface area (TPSA) is 66.2 Å². The van der Waals surface area contributed by atoms with Crippen molar-refractivity contribution in [2.45, 2.75) is 10.8 Å². The van der Waals surface area contributed by atoms with Gasteiger partial charge in [-0.05, 0) is 23.2 Å². The Labute approximate surface area is 108 Å². The highest BCUT2D eigenvalue weighted by atomic mass is 32.2. The van der Waals surface area contributed by atoms with Crippen LogP contribution in [0.3, 0.4) is 0 Å². The van der Waals surface area contributed by atoms with E-state index in [2.05, 4.69) is 9.97 Å². The van der Waals surface area contributed by atoms with Gasteiger partial charge in [0.1, 0.15) is 12.1 Å². The van der Waals surface area contributed by atoms with E-state index in [1.807, 2.05) is 0 Å². The van der Waals surface area contributed by atoms with Gasteiger partial charge in [0.25, 0.3) is 0 Å². The fraction of sp³-hybridized carbons (Fsp3) is 0.0909. The SMILES string of the molecule is OB(O)c1ccc(CSc2ccncn2)c(F)c1. The lowest BCUT2D eigenvalue weighted by Gasteiger charge is -2.05. The maximum atomic E-state index is 13.6. The molecule has 0 unspecified atom stereocenters. The number of halogens is 1. The van der Waals surface area contributed by atoms with E-state index in [1.165, 1.54) is 30.2 Å². The predicted octanol–water partition coefficient (Wildman–Crippen LogP) is 0.588. The zero-order valence-electron chi connectivity index (χ0n) is 9.32. The lowest BCUT2D eigenvalue weighted by atomic mass is 9.80. The third-order valence-corrected chi connectivity index (χ3v) is 3.30. The second-order valence-electron chi connectivity index (χ2n) is 3.56. The molecule has 4 nitrogen and oxygen atoms in total. The second-order valence-corrected chi connectivity index (χ2v) is 4.56. The van der Waals surface area contributed by atoms with Crippen LogP contribution >= 0.6 is 11.8 Å². The Kier molecular flexibility index (Phi) is 4.30. The van der Waals surface area contributed by atoms with Crippen molar-refractivity contribution in [3.8, 4) is 0 Å². The quantitative estimate of drug-likeness (QED) is 0.480. The average Bonchev–Trinajstić information content (AvgIpc) is 2.38. The molecule has 1 aromatic carbocycles. The lowest BCUT2D eigenvalue weighted by molar-refractivity contribution is 0.425. The van der Waals surface area contributed by atoms with E-state index >= 15 is 0 Å². The molecule has 0 bridgehead atoms. The predicted molar refractivity (Wildman–Crippen MR) is 67.8 cm³/mol. The van der Waals surface area contributed by atoms with Crippen molar-refractivity contribution in [1.82, 2.24) is 9.97 Å². The van der Waals surface area contributed by atoms with Crippen molar-refractivity contribution in [2.75, 3.05) is 0 Å². The molecule has 2 N–H and O–H groups in total. The Morgan fingerprint density at radius 2 is 2.11 bits per heavy atom. The molecule has 2 aromatic rings. The van der Waals surface area contributed by atoms with E-state index < -0.39 is 12.9 Å². The molecule has 0 saturated carbocycles. The maximum Gasteiger partial charge on any atom is 0.488 e. The van der Waals surface area contributed by atoms with Crippen molar-refractivity contribution in [1.29, 1.82) is 0 Å². The number of nitrogens with zero attached hydrogens (tertiary/aromatic N) is 2. The summed E-state index contributed by atoms with van der Waals surface area (Å²) in [4.78, 5) is 7.81.